The fraction of sp³-hybridized carbons (Fsp3) is 0.308. The Balaban J connectivity index is 0.768. The number of rotatable bonds is 18. The maximum absolute atomic E-state index is 13.2. The normalized spacial score (nSPS) is 13.6. The zero-order valence-corrected chi connectivity index (χ0v) is 36.6. The summed E-state index contributed by atoms with van der Waals surface area (Å²) < 4.78 is 5.78. The van der Waals surface area contributed by atoms with Gasteiger partial charge in [-0.15, -0.1) is 0 Å². The van der Waals surface area contributed by atoms with E-state index in [4.69, 9.17) is 4.74 Å². The molecule has 64 heavy (non-hydrogen) atoms. The van der Waals surface area contributed by atoms with E-state index in [0.29, 0.717) is 56.4 Å². The summed E-state index contributed by atoms with van der Waals surface area (Å²) in [7, 11) is 1.78. The van der Waals surface area contributed by atoms with Gasteiger partial charge in [-0.2, -0.15) is 0 Å². The van der Waals surface area contributed by atoms with Crippen LogP contribution in [0.15, 0.2) is 132 Å². The van der Waals surface area contributed by atoms with Crippen LogP contribution in [0.4, 0.5) is 16.2 Å². The number of hydrogen-bond donors (Lipinski definition) is 5. The number of para-hydroxylation sites is 1. The number of carbonyl (C=O) groups is 3. The zero-order valence-electron chi connectivity index (χ0n) is 36.6. The van der Waals surface area contributed by atoms with Gasteiger partial charge >= 0.3 is 6.09 Å². The van der Waals surface area contributed by atoms with Crippen molar-refractivity contribution in [1.29, 1.82) is 0 Å². The van der Waals surface area contributed by atoms with Gasteiger partial charge in [-0.05, 0) is 104 Å². The van der Waals surface area contributed by atoms with Crippen LogP contribution in [0.25, 0.3) is 22.0 Å². The van der Waals surface area contributed by atoms with Crippen molar-refractivity contribution >= 4 is 40.2 Å². The monoisotopic (exact) mass is 862 g/mol. The fourth-order valence-electron chi connectivity index (χ4n) is 8.26. The second-order valence-corrected chi connectivity index (χ2v) is 16.6. The Kier molecular flexibility index (Phi) is 15.6. The molecule has 3 amide bonds. The molecular formula is C52H58N6O6. The van der Waals surface area contributed by atoms with E-state index in [9.17, 15) is 24.3 Å². The topological polar surface area (TPSA) is 156 Å². The number of H-pyrrole nitrogens is 1. The first kappa shape index (κ1) is 45.3. The number of hydrogen-bond acceptors (Lipinski definition) is 8. The number of anilines is 2. The van der Waals surface area contributed by atoms with Crippen molar-refractivity contribution in [3.8, 4) is 16.9 Å². The number of carbonyl (C=O) groups excluding carboxylic acids is 3. The van der Waals surface area contributed by atoms with Crippen LogP contribution in [0.3, 0.4) is 0 Å². The van der Waals surface area contributed by atoms with Crippen molar-refractivity contribution < 1.29 is 24.2 Å². The van der Waals surface area contributed by atoms with E-state index in [-0.39, 0.29) is 35.3 Å². The number of phenolic OH excluding ortho intramolecular Hbond substituents is 1. The fourth-order valence-corrected chi connectivity index (χ4v) is 8.26. The minimum atomic E-state index is -0.460. The number of phenols is 1. The molecule has 12 nitrogen and oxygen atoms in total. The van der Waals surface area contributed by atoms with Gasteiger partial charge in [0.05, 0.1) is 11.2 Å². The summed E-state index contributed by atoms with van der Waals surface area (Å²) in [6.45, 7) is 5.42. The number of aromatic hydroxyl groups is 1. The molecule has 0 radical (unpaired) electrons. The van der Waals surface area contributed by atoms with Gasteiger partial charge in [0, 0.05) is 74.8 Å². The minimum absolute atomic E-state index is 0.0190. The first-order valence-corrected chi connectivity index (χ1v) is 22.2. The van der Waals surface area contributed by atoms with Gasteiger partial charge in [0.2, 0.25) is 17.4 Å². The van der Waals surface area contributed by atoms with E-state index in [0.717, 1.165) is 71.4 Å². The smallest absolute Gasteiger partial charge is 0.411 e. The number of nitrogens with one attached hydrogen (secondary N) is 4. The van der Waals surface area contributed by atoms with Crippen LogP contribution >= 0.6 is 0 Å². The number of ether oxygens (including phenoxy) is 1. The SMILES string of the molecule is C[C@H](Cc1cccc(CCC(=O)NCc2ccc(N(C)C(=O)CCN3CCC(OC(=O)Nc4ccccc4-c4ccccc4)CC3)cc2)c1)NCCc1ccc(O)c2[nH]c(=O)ccc12. The number of aromatic nitrogens is 1. The third-order valence-electron chi connectivity index (χ3n) is 11.9. The average molecular weight is 863 g/mol. The van der Waals surface area contributed by atoms with E-state index in [2.05, 4.69) is 51.0 Å². The Labute approximate surface area is 374 Å². The van der Waals surface area contributed by atoms with Crippen molar-refractivity contribution in [1.82, 2.24) is 20.5 Å². The number of pyridine rings is 1. The molecule has 1 atom stereocenters. The average Bonchev–Trinajstić information content (AvgIpc) is 3.31. The maximum Gasteiger partial charge on any atom is 0.411 e. The standard InChI is InChI=1S/C52H58N6O6/c1-36(53-29-25-41-18-22-47(59)51-45(41)21-24-49(61)56-51)33-39-10-8-9-37(34-39)17-23-48(60)54-35-38-15-19-42(20-16-38)57(2)50(62)28-32-58-30-26-43(27-31-58)64-52(63)55-46-14-7-6-13-44(46)40-11-4-3-5-12-40/h3-16,18-22,24,34,36,43,53,59H,17,23,25-33,35H2,1-2H3,(H,54,60)(H,55,63)(H,56,61)/t36-/m1/s1. The lowest BCUT2D eigenvalue weighted by Gasteiger charge is -2.31. The van der Waals surface area contributed by atoms with Crippen LogP contribution in [-0.2, 0) is 40.1 Å². The van der Waals surface area contributed by atoms with Crippen molar-refractivity contribution in [2.24, 2.45) is 0 Å². The number of aromatic amines is 1. The lowest BCUT2D eigenvalue weighted by atomic mass is 10.0. The van der Waals surface area contributed by atoms with E-state index in [1.807, 2.05) is 91.0 Å². The summed E-state index contributed by atoms with van der Waals surface area (Å²) in [6, 6.07) is 40.6. The molecule has 0 unspecified atom stereocenters. The lowest BCUT2D eigenvalue weighted by molar-refractivity contribution is -0.121. The summed E-state index contributed by atoms with van der Waals surface area (Å²) in [6.07, 6.45) is 3.75. The van der Waals surface area contributed by atoms with Crippen LogP contribution in [0.5, 0.6) is 5.75 Å². The molecule has 12 heteroatoms. The van der Waals surface area contributed by atoms with Crippen molar-refractivity contribution in [3.05, 3.63) is 160 Å². The summed E-state index contributed by atoms with van der Waals surface area (Å²) in [4.78, 5) is 57.2. The summed E-state index contributed by atoms with van der Waals surface area (Å²) in [5.74, 6) is 0.0626. The van der Waals surface area contributed by atoms with E-state index < -0.39 is 6.09 Å². The summed E-state index contributed by atoms with van der Waals surface area (Å²) in [5.41, 5.74) is 7.99. The number of nitrogens with zero attached hydrogens (tertiary/aromatic N) is 2. The Morgan fingerprint density at radius 3 is 2.38 bits per heavy atom. The summed E-state index contributed by atoms with van der Waals surface area (Å²) >= 11 is 0. The van der Waals surface area contributed by atoms with Gasteiger partial charge in [0.15, 0.2) is 0 Å². The quantitative estimate of drug-likeness (QED) is 0.0583. The highest BCUT2D eigenvalue weighted by molar-refractivity contribution is 5.93. The number of benzene rings is 5. The van der Waals surface area contributed by atoms with Gasteiger partial charge in [-0.1, -0.05) is 91.0 Å². The minimum Gasteiger partial charge on any atom is -0.506 e. The molecule has 5 aromatic carbocycles. The lowest BCUT2D eigenvalue weighted by Crippen LogP contribution is -2.40. The van der Waals surface area contributed by atoms with Crippen LogP contribution < -0.4 is 26.4 Å². The summed E-state index contributed by atoms with van der Waals surface area (Å²) in [5, 5.41) is 20.6. The molecule has 2 heterocycles. The predicted octanol–water partition coefficient (Wildman–Crippen LogP) is 7.98. The molecule has 6 aromatic rings. The molecule has 0 saturated carbocycles. The Morgan fingerprint density at radius 1 is 0.828 bits per heavy atom. The molecular weight excluding hydrogens is 805 g/mol. The molecule has 1 aliphatic rings. The highest BCUT2D eigenvalue weighted by Crippen LogP contribution is 2.28. The van der Waals surface area contributed by atoms with Crippen LogP contribution in [0.2, 0.25) is 0 Å². The van der Waals surface area contributed by atoms with Crippen LogP contribution in [0.1, 0.15) is 54.9 Å². The molecule has 332 valence electrons. The number of likely N-dealkylation sites (tertiary alicyclic amines) is 1. The first-order chi connectivity index (χ1) is 31.1. The molecule has 0 aliphatic carbocycles. The second kappa shape index (κ2) is 22.0. The molecule has 0 spiro atoms. The number of piperidine rings is 1. The van der Waals surface area contributed by atoms with Crippen LogP contribution in [-0.4, -0.2) is 78.3 Å². The largest absolute Gasteiger partial charge is 0.506 e. The zero-order chi connectivity index (χ0) is 44.8. The highest BCUT2D eigenvalue weighted by Gasteiger charge is 2.24. The predicted molar refractivity (Wildman–Crippen MR) is 254 cm³/mol. The second-order valence-electron chi connectivity index (χ2n) is 16.6. The van der Waals surface area contributed by atoms with E-state index >= 15 is 0 Å². The Hall–Kier alpha value is -6.76. The molecule has 0 bridgehead atoms. The van der Waals surface area contributed by atoms with Gasteiger partial charge < -0.3 is 35.3 Å². The first-order valence-electron chi connectivity index (χ1n) is 22.2. The third kappa shape index (κ3) is 12.7. The van der Waals surface area contributed by atoms with E-state index in [1.54, 1.807) is 24.1 Å². The van der Waals surface area contributed by atoms with Gasteiger partial charge in [-0.3, -0.25) is 19.7 Å². The highest BCUT2D eigenvalue weighted by atomic mass is 16.6. The number of aryl methyl sites for hydroxylation is 1. The van der Waals surface area contributed by atoms with Crippen LogP contribution in [0, 0.1) is 0 Å². The third-order valence-corrected chi connectivity index (χ3v) is 11.9. The molecule has 7 rings (SSSR count). The Bertz CT molecular complexity index is 2570. The maximum atomic E-state index is 13.2. The van der Waals surface area contributed by atoms with Crippen molar-refractivity contribution in [3.63, 3.8) is 0 Å². The number of fused-ring (bicyclic) bond motifs is 1. The number of amides is 3. The molecule has 5 N–H and O–H groups in total. The molecule has 1 fully saturated rings. The van der Waals surface area contributed by atoms with Gasteiger partial charge in [0.25, 0.3) is 0 Å². The van der Waals surface area contributed by atoms with Gasteiger partial charge in [0.1, 0.15) is 11.9 Å². The molecule has 1 saturated heterocycles. The van der Waals surface area contributed by atoms with Crippen molar-refractivity contribution in [2.75, 3.05) is 43.4 Å². The molecule has 1 aliphatic heterocycles. The van der Waals surface area contributed by atoms with E-state index in [1.165, 1.54) is 11.6 Å². The van der Waals surface area contributed by atoms with Gasteiger partial charge in [-0.25, -0.2) is 4.79 Å². The molecule has 1 aromatic heterocycles. The Morgan fingerprint density at radius 2 is 1.58 bits per heavy atom. The van der Waals surface area contributed by atoms with Crippen molar-refractivity contribution in [2.45, 2.75) is 70.6 Å².